The number of halogens is 4. The van der Waals surface area contributed by atoms with Crippen LogP contribution in [0.25, 0.3) is 21.2 Å². The normalized spacial score (nSPS) is 16.5. The van der Waals surface area contributed by atoms with Crippen molar-refractivity contribution in [3.8, 4) is 11.1 Å². The average Bonchev–Trinajstić information content (AvgIpc) is 3.39. The van der Waals surface area contributed by atoms with Crippen molar-refractivity contribution in [2.75, 3.05) is 0 Å². The minimum atomic E-state index is -0.147. The van der Waals surface area contributed by atoms with Crippen molar-refractivity contribution in [2.24, 2.45) is 0 Å². The number of pyridine rings is 1. The van der Waals surface area contributed by atoms with Crippen molar-refractivity contribution in [1.82, 2.24) is 15.2 Å². The zero-order valence-corrected chi connectivity index (χ0v) is 27.2. The number of fused-ring (bicyclic) bond motifs is 1. The largest absolute Gasteiger partial charge is 0.349 e. The van der Waals surface area contributed by atoms with Gasteiger partial charge in [0.25, 0.3) is 11.8 Å². The van der Waals surface area contributed by atoms with Crippen LogP contribution in [0.5, 0.6) is 0 Å². The smallest absolute Gasteiger partial charge is 0.266 e. The summed E-state index contributed by atoms with van der Waals surface area (Å²) < 4.78 is 0.695. The Morgan fingerprint density at radius 2 is 1.57 bits per heavy atom. The lowest BCUT2D eigenvalue weighted by atomic mass is 9.89. The van der Waals surface area contributed by atoms with E-state index in [1.165, 1.54) is 11.3 Å². The molecule has 0 atom stereocenters. The minimum absolute atomic E-state index is 0.00950. The molecule has 0 unspecified atom stereocenters. The fourth-order valence-corrected chi connectivity index (χ4v) is 7.82. The zero-order chi connectivity index (χ0) is 30.8. The van der Waals surface area contributed by atoms with Crippen LogP contribution >= 0.6 is 57.7 Å². The van der Waals surface area contributed by atoms with Crippen LogP contribution in [0.15, 0.2) is 85.2 Å². The van der Waals surface area contributed by atoms with Crippen LogP contribution < -0.4 is 5.32 Å². The second-order valence-corrected chi connectivity index (χ2v) is 13.5. The molecular formula is C34H27Cl4N3O2S. The fourth-order valence-electron chi connectivity index (χ4n) is 5.70. The van der Waals surface area contributed by atoms with Gasteiger partial charge in [0.1, 0.15) is 4.88 Å². The Morgan fingerprint density at radius 1 is 0.841 bits per heavy atom. The maximum atomic E-state index is 14.3. The first-order valence-corrected chi connectivity index (χ1v) is 16.5. The second kappa shape index (κ2) is 13.5. The lowest BCUT2D eigenvalue weighted by molar-refractivity contribution is 0.0597. The quantitative estimate of drug-likeness (QED) is 0.186. The summed E-state index contributed by atoms with van der Waals surface area (Å²) in [6.45, 7) is 0.406. The molecule has 0 saturated heterocycles. The molecule has 6 rings (SSSR count). The molecule has 0 bridgehead atoms. The molecule has 1 saturated carbocycles. The first-order valence-electron chi connectivity index (χ1n) is 14.2. The van der Waals surface area contributed by atoms with E-state index in [4.69, 9.17) is 46.4 Å². The van der Waals surface area contributed by atoms with Gasteiger partial charge in [-0.3, -0.25) is 14.6 Å². The first-order chi connectivity index (χ1) is 21.3. The molecule has 0 aliphatic heterocycles. The SMILES string of the molecule is O=C(NC1CCC(N(Cc2cccc(-c3ccncc3)c2)C(=O)c2sc3c(Cl)c(Cl)ccc3c2Cl)CC1)c1ccc(Cl)cc1. The van der Waals surface area contributed by atoms with Gasteiger partial charge in [0.15, 0.2) is 0 Å². The van der Waals surface area contributed by atoms with E-state index in [1.807, 2.05) is 35.2 Å². The number of nitrogens with one attached hydrogen (secondary N) is 1. The van der Waals surface area contributed by atoms with Crippen LogP contribution in [-0.4, -0.2) is 33.8 Å². The molecule has 3 aromatic carbocycles. The number of carbonyl (C=O) groups is 2. The predicted octanol–water partition coefficient (Wildman–Crippen LogP) is 9.96. The molecule has 1 N–H and O–H groups in total. The van der Waals surface area contributed by atoms with E-state index in [9.17, 15) is 9.59 Å². The number of benzene rings is 3. The minimum Gasteiger partial charge on any atom is -0.349 e. The van der Waals surface area contributed by atoms with Gasteiger partial charge in [0.2, 0.25) is 0 Å². The third-order valence-corrected chi connectivity index (χ3v) is 10.9. The van der Waals surface area contributed by atoms with Gasteiger partial charge < -0.3 is 10.2 Å². The van der Waals surface area contributed by atoms with Crippen molar-refractivity contribution in [1.29, 1.82) is 0 Å². The summed E-state index contributed by atoms with van der Waals surface area (Å²) in [6, 6.07) is 22.4. The number of nitrogens with zero attached hydrogens (tertiary/aromatic N) is 2. The molecule has 10 heteroatoms. The maximum absolute atomic E-state index is 14.3. The summed E-state index contributed by atoms with van der Waals surface area (Å²) in [7, 11) is 0. The molecule has 2 heterocycles. The highest BCUT2D eigenvalue weighted by molar-refractivity contribution is 7.22. The number of thiophene rings is 1. The van der Waals surface area contributed by atoms with Gasteiger partial charge in [-0.05, 0) is 90.9 Å². The Kier molecular flexibility index (Phi) is 9.45. The Bertz CT molecular complexity index is 1820. The molecule has 2 amide bonds. The summed E-state index contributed by atoms with van der Waals surface area (Å²) >= 11 is 26.9. The highest BCUT2D eigenvalue weighted by atomic mass is 35.5. The molecule has 5 aromatic rings. The van der Waals surface area contributed by atoms with Crippen molar-refractivity contribution >= 4 is 79.6 Å². The number of carbonyl (C=O) groups excluding carboxylic acids is 2. The topological polar surface area (TPSA) is 62.3 Å². The monoisotopic (exact) mass is 681 g/mol. The molecule has 44 heavy (non-hydrogen) atoms. The molecule has 5 nitrogen and oxygen atoms in total. The highest BCUT2D eigenvalue weighted by Crippen LogP contribution is 2.43. The molecule has 1 aliphatic carbocycles. The van der Waals surface area contributed by atoms with Crippen molar-refractivity contribution < 1.29 is 9.59 Å². The summed E-state index contributed by atoms with van der Waals surface area (Å²) in [5.74, 6) is -0.273. The van der Waals surface area contributed by atoms with Crippen molar-refractivity contribution in [3.05, 3.63) is 121 Å². The number of hydrogen-bond donors (Lipinski definition) is 1. The summed E-state index contributed by atoms with van der Waals surface area (Å²) in [6.07, 6.45) is 6.48. The highest BCUT2D eigenvalue weighted by Gasteiger charge is 2.33. The standard InChI is InChI=1S/C34H27Cl4N3O2S/c35-24-6-4-22(5-7-24)33(42)40-25-8-10-26(11-9-25)41(19-20-2-1-3-23(18-20)21-14-16-39-17-15-21)34(43)32-29(37)27-12-13-28(36)30(38)31(27)44-32/h1-7,12-18,25-26H,8-11,19H2,(H,40,42). The van der Waals surface area contributed by atoms with Gasteiger partial charge in [-0.1, -0.05) is 70.7 Å². The molecule has 1 aliphatic rings. The summed E-state index contributed by atoms with van der Waals surface area (Å²) in [4.78, 5) is 33.7. The molecule has 0 radical (unpaired) electrons. The van der Waals surface area contributed by atoms with Gasteiger partial charge in [-0.15, -0.1) is 11.3 Å². The first kappa shape index (κ1) is 30.9. The predicted molar refractivity (Wildman–Crippen MR) is 181 cm³/mol. The number of hydrogen-bond acceptors (Lipinski definition) is 4. The van der Waals surface area contributed by atoms with Crippen LogP contribution in [0.1, 0.15) is 51.3 Å². The zero-order valence-electron chi connectivity index (χ0n) is 23.4. The van der Waals surface area contributed by atoms with E-state index >= 15 is 0 Å². The Balaban J connectivity index is 1.26. The third kappa shape index (κ3) is 6.60. The van der Waals surface area contributed by atoms with E-state index in [0.29, 0.717) is 47.2 Å². The Morgan fingerprint density at radius 3 is 2.30 bits per heavy atom. The Labute approximate surface area is 279 Å². The fraction of sp³-hybridized carbons (Fsp3) is 0.206. The number of rotatable bonds is 7. The van der Waals surface area contributed by atoms with Crippen molar-refractivity contribution in [3.63, 3.8) is 0 Å². The number of aromatic nitrogens is 1. The summed E-state index contributed by atoms with van der Waals surface area (Å²) in [5, 5.41) is 5.64. The van der Waals surface area contributed by atoms with Crippen molar-refractivity contribution in [2.45, 2.75) is 44.3 Å². The van der Waals surface area contributed by atoms with E-state index in [0.717, 1.165) is 42.4 Å². The van der Waals surface area contributed by atoms with Crippen LogP contribution in [0.3, 0.4) is 0 Å². The van der Waals surface area contributed by atoms with Gasteiger partial charge in [-0.2, -0.15) is 0 Å². The lowest BCUT2D eigenvalue weighted by Gasteiger charge is -2.37. The second-order valence-electron chi connectivity index (χ2n) is 10.8. The van der Waals surface area contributed by atoms with E-state index < -0.39 is 0 Å². The molecule has 224 valence electrons. The lowest BCUT2D eigenvalue weighted by Crippen LogP contribution is -2.45. The van der Waals surface area contributed by atoms with Crippen LogP contribution in [0.4, 0.5) is 0 Å². The van der Waals surface area contributed by atoms with Crippen LogP contribution in [0, 0.1) is 0 Å². The van der Waals surface area contributed by atoms with E-state index in [2.05, 4.69) is 16.4 Å². The van der Waals surface area contributed by atoms with Gasteiger partial charge in [0, 0.05) is 47.0 Å². The van der Waals surface area contributed by atoms with Gasteiger partial charge in [0.05, 0.1) is 19.8 Å². The third-order valence-electron chi connectivity index (χ3n) is 8.02. The van der Waals surface area contributed by atoms with Crippen LogP contribution in [-0.2, 0) is 6.54 Å². The number of amides is 2. The van der Waals surface area contributed by atoms with Crippen LogP contribution in [0.2, 0.25) is 20.1 Å². The molecular weight excluding hydrogens is 656 g/mol. The molecule has 0 spiro atoms. The van der Waals surface area contributed by atoms with Gasteiger partial charge >= 0.3 is 0 Å². The molecule has 1 fully saturated rings. The van der Waals surface area contributed by atoms with Gasteiger partial charge in [-0.25, -0.2) is 0 Å². The van der Waals surface area contributed by atoms with E-state index in [1.54, 1.807) is 48.8 Å². The Hall–Kier alpha value is -3.13. The average molecular weight is 683 g/mol. The molecule has 2 aromatic heterocycles. The maximum Gasteiger partial charge on any atom is 0.266 e. The summed E-state index contributed by atoms with van der Waals surface area (Å²) in [5.41, 5.74) is 3.67. The van der Waals surface area contributed by atoms with E-state index in [-0.39, 0.29) is 23.9 Å².